The Balaban J connectivity index is 1.65. The van der Waals surface area contributed by atoms with Crippen molar-refractivity contribution in [1.29, 1.82) is 0 Å². The number of carbonyl (C=O) groups is 2. The Kier molecular flexibility index (Phi) is 7.11. The van der Waals surface area contributed by atoms with E-state index in [1.807, 2.05) is 31.2 Å². The van der Waals surface area contributed by atoms with E-state index in [9.17, 15) is 14.7 Å². The number of Topliss-reactive ketones (excluding diaryl/α,β-unsaturated/α-hetero) is 1. The summed E-state index contributed by atoms with van der Waals surface area (Å²) in [6.45, 7) is 6.42. The predicted octanol–water partition coefficient (Wildman–Crippen LogP) is 3.15. The normalized spacial score (nSPS) is 20.9. The number of rotatable bonds is 7. The number of nitrogens with zero attached hydrogens (tertiary/aromatic N) is 2. The van der Waals surface area contributed by atoms with Crippen molar-refractivity contribution in [2.24, 2.45) is 0 Å². The van der Waals surface area contributed by atoms with Gasteiger partial charge in [0.1, 0.15) is 11.5 Å². The Bertz CT molecular complexity index is 1020. The molecule has 2 fully saturated rings. The smallest absolute Gasteiger partial charge is 0.295 e. The second-order valence-electron chi connectivity index (χ2n) is 8.44. The first-order chi connectivity index (χ1) is 16.0. The number of amides is 1. The molecular weight excluding hydrogens is 420 g/mol. The van der Waals surface area contributed by atoms with Crippen LogP contribution in [0.2, 0.25) is 0 Å². The highest BCUT2D eigenvalue weighted by Gasteiger charge is 2.45. The molecule has 7 nitrogen and oxygen atoms in total. The van der Waals surface area contributed by atoms with E-state index < -0.39 is 17.7 Å². The van der Waals surface area contributed by atoms with Crippen LogP contribution in [0.25, 0.3) is 5.76 Å². The fourth-order valence-electron chi connectivity index (χ4n) is 4.40. The first-order valence-electron chi connectivity index (χ1n) is 11.3. The Morgan fingerprint density at radius 3 is 2.33 bits per heavy atom. The van der Waals surface area contributed by atoms with Gasteiger partial charge in [-0.2, -0.15) is 0 Å². The molecule has 2 aliphatic rings. The summed E-state index contributed by atoms with van der Waals surface area (Å²) in [5.41, 5.74) is 2.49. The number of benzene rings is 2. The summed E-state index contributed by atoms with van der Waals surface area (Å²) in [6.07, 6.45) is 0.734. The fourth-order valence-corrected chi connectivity index (χ4v) is 4.40. The van der Waals surface area contributed by atoms with E-state index in [4.69, 9.17) is 9.47 Å². The van der Waals surface area contributed by atoms with Gasteiger partial charge in [0.2, 0.25) is 0 Å². The molecule has 0 aromatic heterocycles. The Morgan fingerprint density at radius 1 is 1.03 bits per heavy atom. The highest BCUT2D eigenvalue weighted by atomic mass is 16.5. The Hall–Kier alpha value is -3.16. The van der Waals surface area contributed by atoms with Crippen LogP contribution >= 0.6 is 0 Å². The lowest BCUT2D eigenvalue weighted by Gasteiger charge is -2.29. The van der Waals surface area contributed by atoms with E-state index in [0.717, 1.165) is 50.4 Å². The highest BCUT2D eigenvalue weighted by molar-refractivity contribution is 6.46. The molecule has 0 bridgehead atoms. The van der Waals surface area contributed by atoms with Crippen LogP contribution in [0.5, 0.6) is 5.75 Å². The van der Waals surface area contributed by atoms with Crippen molar-refractivity contribution in [3.8, 4) is 5.75 Å². The molecule has 0 saturated carbocycles. The molecular formula is C26H30N2O5. The lowest BCUT2D eigenvalue weighted by Crippen LogP contribution is -2.38. The molecule has 0 spiro atoms. The summed E-state index contributed by atoms with van der Waals surface area (Å²) in [7, 11) is 1.56. The van der Waals surface area contributed by atoms with Gasteiger partial charge < -0.3 is 19.5 Å². The maximum Gasteiger partial charge on any atom is 0.295 e. The van der Waals surface area contributed by atoms with Crippen LogP contribution < -0.4 is 4.74 Å². The zero-order valence-electron chi connectivity index (χ0n) is 19.1. The molecule has 2 aromatic rings. The number of aliphatic hydroxyl groups is 1. The van der Waals surface area contributed by atoms with Crippen LogP contribution in [-0.4, -0.2) is 73.1 Å². The molecule has 1 amide bonds. The van der Waals surface area contributed by atoms with Gasteiger partial charge in [-0.05, 0) is 43.2 Å². The minimum Gasteiger partial charge on any atom is -0.507 e. The summed E-state index contributed by atoms with van der Waals surface area (Å²) < 4.78 is 10.6. The molecule has 1 unspecified atom stereocenters. The average Bonchev–Trinajstić information content (AvgIpc) is 3.10. The number of likely N-dealkylation sites (tertiary alicyclic amines) is 1. The van der Waals surface area contributed by atoms with Crippen molar-refractivity contribution >= 4 is 17.4 Å². The molecule has 2 aromatic carbocycles. The van der Waals surface area contributed by atoms with Gasteiger partial charge in [0.25, 0.3) is 11.7 Å². The van der Waals surface area contributed by atoms with Gasteiger partial charge in [0.05, 0.1) is 31.9 Å². The number of aliphatic hydroxyl groups excluding tert-OH is 1. The number of hydrogen-bond acceptors (Lipinski definition) is 6. The lowest BCUT2D eigenvalue weighted by molar-refractivity contribution is -0.140. The van der Waals surface area contributed by atoms with Crippen molar-refractivity contribution in [2.75, 3.05) is 46.5 Å². The standard InChI is InChI=1S/C26H30N2O5/c1-18-4-6-19(7-5-18)23-22(24(29)20-8-10-21(32-2)11-9-20)25(30)26(31)28(23)13-3-12-27-14-16-33-17-15-27/h4-11,23,29H,3,12-17H2,1-2H3. The van der Waals surface area contributed by atoms with Gasteiger partial charge in [-0.25, -0.2) is 0 Å². The van der Waals surface area contributed by atoms with Crippen LogP contribution in [0.1, 0.15) is 29.2 Å². The second kappa shape index (κ2) is 10.2. The topological polar surface area (TPSA) is 79.3 Å². The Morgan fingerprint density at radius 2 is 1.70 bits per heavy atom. The number of ether oxygens (including phenoxy) is 2. The van der Waals surface area contributed by atoms with Gasteiger partial charge in [-0.1, -0.05) is 29.8 Å². The van der Waals surface area contributed by atoms with Crippen molar-refractivity contribution in [3.63, 3.8) is 0 Å². The number of hydrogen-bond donors (Lipinski definition) is 1. The summed E-state index contributed by atoms with van der Waals surface area (Å²) in [6, 6.07) is 13.9. The molecule has 174 valence electrons. The number of aryl methyl sites for hydroxylation is 1. The van der Waals surface area contributed by atoms with Gasteiger partial charge in [-0.15, -0.1) is 0 Å². The van der Waals surface area contributed by atoms with Crippen molar-refractivity contribution in [2.45, 2.75) is 19.4 Å². The summed E-state index contributed by atoms with van der Waals surface area (Å²) in [5, 5.41) is 11.1. The van der Waals surface area contributed by atoms with Gasteiger partial charge in [0.15, 0.2) is 0 Å². The number of carbonyl (C=O) groups excluding carboxylic acids is 2. The quantitative estimate of drug-likeness (QED) is 0.397. The molecule has 33 heavy (non-hydrogen) atoms. The first-order valence-corrected chi connectivity index (χ1v) is 11.3. The summed E-state index contributed by atoms with van der Waals surface area (Å²) in [5.74, 6) is -0.750. The maximum atomic E-state index is 13.1. The van der Waals surface area contributed by atoms with E-state index in [0.29, 0.717) is 17.9 Å². The molecule has 7 heteroatoms. The van der Waals surface area contributed by atoms with Crippen molar-refractivity contribution in [3.05, 3.63) is 70.8 Å². The summed E-state index contributed by atoms with van der Waals surface area (Å²) >= 11 is 0. The van der Waals surface area contributed by atoms with Crippen molar-refractivity contribution in [1.82, 2.24) is 9.80 Å². The molecule has 0 radical (unpaired) electrons. The predicted molar refractivity (Wildman–Crippen MR) is 125 cm³/mol. The second-order valence-corrected chi connectivity index (χ2v) is 8.44. The molecule has 2 aliphatic heterocycles. The van der Waals surface area contributed by atoms with Gasteiger partial charge in [-0.3, -0.25) is 14.5 Å². The fraction of sp³-hybridized carbons (Fsp3) is 0.385. The van der Waals surface area contributed by atoms with Crippen LogP contribution in [0, 0.1) is 6.92 Å². The minimum atomic E-state index is -0.653. The molecule has 1 atom stereocenters. The lowest BCUT2D eigenvalue weighted by atomic mass is 9.94. The molecule has 0 aliphatic carbocycles. The number of ketones is 1. The van der Waals surface area contributed by atoms with E-state index in [2.05, 4.69) is 4.90 Å². The average molecular weight is 451 g/mol. The Labute approximate surface area is 194 Å². The third kappa shape index (κ3) is 4.94. The van der Waals surface area contributed by atoms with Crippen LogP contribution in [0.4, 0.5) is 0 Å². The van der Waals surface area contributed by atoms with Crippen LogP contribution in [-0.2, 0) is 14.3 Å². The van der Waals surface area contributed by atoms with E-state index >= 15 is 0 Å². The molecule has 2 heterocycles. The van der Waals surface area contributed by atoms with Gasteiger partial charge >= 0.3 is 0 Å². The minimum absolute atomic E-state index is 0.125. The SMILES string of the molecule is COc1ccc(C(O)=C2C(=O)C(=O)N(CCCN3CCOCC3)C2c2ccc(C)cc2)cc1. The molecule has 2 saturated heterocycles. The molecule has 1 N–H and O–H groups in total. The zero-order chi connectivity index (χ0) is 23.4. The highest BCUT2D eigenvalue weighted by Crippen LogP contribution is 2.39. The number of methoxy groups -OCH3 is 1. The van der Waals surface area contributed by atoms with Crippen molar-refractivity contribution < 1.29 is 24.2 Å². The summed E-state index contributed by atoms with van der Waals surface area (Å²) in [4.78, 5) is 30.1. The zero-order valence-corrected chi connectivity index (χ0v) is 19.1. The molecule has 4 rings (SSSR count). The number of morpholine rings is 1. The van der Waals surface area contributed by atoms with E-state index in [1.165, 1.54) is 0 Å². The van der Waals surface area contributed by atoms with Crippen LogP contribution in [0.3, 0.4) is 0 Å². The largest absolute Gasteiger partial charge is 0.507 e. The van der Waals surface area contributed by atoms with E-state index in [1.54, 1.807) is 36.3 Å². The van der Waals surface area contributed by atoms with Gasteiger partial charge in [0, 0.05) is 31.7 Å². The maximum absolute atomic E-state index is 13.1. The van der Waals surface area contributed by atoms with E-state index in [-0.39, 0.29) is 11.3 Å². The third-order valence-electron chi connectivity index (χ3n) is 6.27. The third-order valence-corrected chi connectivity index (χ3v) is 6.27. The first kappa shape index (κ1) is 23.0. The monoisotopic (exact) mass is 450 g/mol. The van der Waals surface area contributed by atoms with Crippen LogP contribution in [0.15, 0.2) is 54.1 Å².